The number of methoxy groups -OCH3 is 2. The van der Waals surface area contributed by atoms with Crippen molar-refractivity contribution in [2.24, 2.45) is 0 Å². The van der Waals surface area contributed by atoms with E-state index < -0.39 is 0 Å². The van der Waals surface area contributed by atoms with Crippen molar-refractivity contribution < 1.29 is 14.6 Å². The second-order valence-corrected chi connectivity index (χ2v) is 5.82. The van der Waals surface area contributed by atoms with Gasteiger partial charge < -0.3 is 19.9 Å². The summed E-state index contributed by atoms with van der Waals surface area (Å²) in [5, 5.41) is 13.0. The molecular formula is C18H23N3O3. The molecule has 1 aliphatic rings. The minimum atomic E-state index is 0.135. The molecule has 1 aromatic heterocycles. The fraction of sp³-hybridized carbons (Fsp3) is 0.389. The van der Waals surface area contributed by atoms with Gasteiger partial charge in [0.1, 0.15) is 17.2 Å². The van der Waals surface area contributed by atoms with E-state index in [1.165, 1.54) is 6.20 Å². The Kier molecular flexibility index (Phi) is 5.17. The number of nitrogens with zero attached hydrogens (tertiary/aromatic N) is 2. The average molecular weight is 329 g/mol. The van der Waals surface area contributed by atoms with E-state index in [2.05, 4.69) is 15.2 Å². The van der Waals surface area contributed by atoms with E-state index in [-0.39, 0.29) is 5.75 Å². The number of benzene rings is 1. The van der Waals surface area contributed by atoms with E-state index in [0.717, 1.165) is 60.9 Å². The maximum absolute atomic E-state index is 9.66. The molecule has 0 radical (unpaired) electrons. The average Bonchev–Trinajstić information content (AvgIpc) is 2.62. The van der Waals surface area contributed by atoms with Gasteiger partial charge in [-0.2, -0.15) is 0 Å². The topological polar surface area (TPSA) is 66.8 Å². The number of ether oxygens (including phenoxy) is 2. The number of aromatic nitrogens is 1. The molecule has 0 amide bonds. The smallest absolute Gasteiger partial charge is 0.134 e. The van der Waals surface area contributed by atoms with E-state index >= 15 is 0 Å². The van der Waals surface area contributed by atoms with Crippen LogP contribution in [-0.4, -0.2) is 55.4 Å². The van der Waals surface area contributed by atoms with Crippen LogP contribution in [0.5, 0.6) is 17.2 Å². The molecule has 0 aliphatic carbocycles. The number of aromatic hydroxyl groups is 1. The third-order valence-corrected chi connectivity index (χ3v) is 4.26. The summed E-state index contributed by atoms with van der Waals surface area (Å²) in [6.45, 7) is 4.79. The molecule has 6 heteroatoms. The molecule has 0 unspecified atom stereocenters. The van der Waals surface area contributed by atoms with Crippen molar-refractivity contribution in [3.05, 3.63) is 36.2 Å². The Morgan fingerprint density at radius 3 is 2.29 bits per heavy atom. The van der Waals surface area contributed by atoms with Gasteiger partial charge >= 0.3 is 0 Å². The zero-order valence-corrected chi connectivity index (χ0v) is 14.1. The van der Waals surface area contributed by atoms with Gasteiger partial charge in [0.2, 0.25) is 0 Å². The Morgan fingerprint density at radius 1 is 1.04 bits per heavy atom. The van der Waals surface area contributed by atoms with Gasteiger partial charge in [0.05, 0.1) is 26.0 Å². The van der Waals surface area contributed by atoms with Gasteiger partial charge in [-0.25, -0.2) is 0 Å². The van der Waals surface area contributed by atoms with E-state index in [4.69, 9.17) is 9.47 Å². The van der Waals surface area contributed by atoms with Gasteiger partial charge in [-0.15, -0.1) is 0 Å². The molecule has 3 rings (SSSR count). The van der Waals surface area contributed by atoms with E-state index in [0.29, 0.717) is 0 Å². The minimum Gasteiger partial charge on any atom is -0.506 e. The van der Waals surface area contributed by atoms with Crippen molar-refractivity contribution in [3.8, 4) is 28.4 Å². The van der Waals surface area contributed by atoms with E-state index in [1.807, 2.05) is 12.1 Å². The van der Waals surface area contributed by atoms with Gasteiger partial charge in [0, 0.05) is 44.5 Å². The Morgan fingerprint density at radius 2 is 1.71 bits per heavy atom. The first-order valence-corrected chi connectivity index (χ1v) is 8.03. The molecule has 0 atom stereocenters. The molecule has 24 heavy (non-hydrogen) atoms. The first-order chi connectivity index (χ1) is 11.7. The largest absolute Gasteiger partial charge is 0.506 e. The lowest BCUT2D eigenvalue weighted by Gasteiger charge is -2.28. The molecule has 1 fully saturated rings. The van der Waals surface area contributed by atoms with Crippen molar-refractivity contribution >= 4 is 0 Å². The van der Waals surface area contributed by atoms with Crippen LogP contribution in [0.4, 0.5) is 0 Å². The molecule has 0 bridgehead atoms. The number of hydrogen-bond acceptors (Lipinski definition) is 6. The highest BCUT2D eigenvalue weighted by molar-refractivity contribution is 5.69. The second-order valence-electron chi connectivity index (χ2n) is 5.82. The summed E-state index contributed by atoms with van der Waals surface area (Å²) in [5.74, 6) is 1.70. The number of pyridine rings is 1. The first kappa shape index (κ1) is 16.5. The molecule has 2 aromatic rings. The standard InChI is InChI=1S/C18H23N3O3/c1-23-17-8-13(14-7-15(22)11-20-10-14)9-18(24-2)16(17)12-21-5-3-19-4-6-21/h7-11,19,22H,3-6,12H2,1-2H3. The normalized spacial score (nSPS) is 15.2. The lowest BCUT2D eigenvalue weighted by molar-refractivity contribution is 0.226. The van der Waals surface area contributed by atoms with Crippen molar-refractivity contribution in [1.82, 2.24) is 15.2 Å². The van der Waals surface area contributed by atoms with Crippen LogP contribution in [0.2, 0.25) is 0 Å². The van der Waals surface area contributed by atoms with Crippen LogP contribution in [0.1, 0.15) is 5.56 Å². The zero-order chi connectivity index (χ0) is 16.9. The highest BCUT2D eigenvalue weighted by atomic mass is 16.5. The highest BCUT2D eigenvalue weighted by Gasteiger charge is 2.18. The maximum atomic E-state index is 9.66. The Labute approximate surface area is 142 Å². The third-order valence-electron chi connectivity index (χ3n) is 4.26. The SMILES string of the molecule is COc1cc(-c2cncc(O)c2)cc(OC)c1CN1CCNCC1. The van der Waals surface area contributed by atoms with Gasteiger partial charge in [-0.05, 0) is 23.8 Å². The van der Waals surface area contributed by atoms with Crippen LogP contribution >= 0.6 is 0 Å². The molecule has 2 N–H and O–H groups in total. The summed E-state index contributed by atoms with van der Waals surface area (Å²) in [7, 11) is 3.33. The zero-order valence-electron chi connectivity index (χ0n) is 14.1. The summed E-state index contributed by atoms with van der Waals surface area (Å²) >= 11 is 0. The fourth-order valence-electron chi connectivity index (χ4n) is 2.99. The summed E-state index contributed by atoms with van der Waals surface area (Å²) in [5.41, 5.74) is 2.76. The Balaban J connectivity index is 1.96. The van der Waals surface area contributed by atoms with Crippen LogP contribution in [0.15, 0.2) is 30.6 Å². The molecule has 2 heterocycles. The summed E-state index contributed by atoms with van der Waals surface area (Å²) in [6.07, 6.45) is 3.13. The molecule has 1 saturated heterocycles. The second kappa shape index (κ2) is 7.51. The number of hydrogen-bond donors (Lipinski definition) is 2. The van der Waals surface area contributed by atoms with E-state index in [9.17, 15) is 5.11 Å². The molecule has 0 spiro atoms. The van der Waals surface area contributed by atoms with Gasteiger partial charge in [-0.3, -0.25) is 9.88 Å². The van der Waals surface area contributed by atoms with E-state index in [1.54, 1.807) is 26.5 Å². The first-order valence-electron chi connectivity index (χ1n) is 8.03. The molecule has 6 nitrogen and oxygen atoms in total. The quantitative estimate of drug-likeness (QED) is 0.873. The highest BCUT2D eigenvalue weighted by Crippen LogP contribution is 2.36. The van der Waals surface area contributed by atoms with Crippen LogP contribution in [-0.2, 0) is 6.54 Å². The summed E-state index contributed by atoms with van der Waals surface area (Å²) < 4.78 is 11.2. The number of nitrogens with one attached hydrogen (secondary N) is 1. The summed E-state index contributed by atoms with van der Waals surface area (Å²) in [6, 6.07) is 5.62. The van der Waals surface area contributed by atoms with Crippen LogP contribution in [0.25, 0.3) is 11.1 Å². The fourth-order valence-corrected chi connectivity index (χ4v) is 2.99. The van der Waals surface area contributed by atoms with Crippen molar-refractivity contribution in [1.29, 1.82) is 0 Å². The summed E-state index contributed by atoms with van der Waals surface area (Å²) in [4.78, 5) is 6.42. The monoisotopic (exact) mass is 329 g/mol. The number of rotatable bonds is 5. The van der Waals surface area contributed by atoms with Crippen molar-refractivity contribution in [2.45, 2.75) is 6.54 Å². The molecule has 1 aromatic carbocycles. The molecule has 128 valence electrons. The maximum Gasteiger partial charge on any atom is 0.134 e. The molecule has 0 saturated carbocycles. The lowest BCUT2D eigenvalue weighted by Crippen LogP contribution is -2.43. The van der Waals surface area contributed by atoms with Crippen LogP contribution in [0, 0.1) is 0 Å². The third kappa shape index (κ3) is 3.60. The van der Waals surface area contributed by atoms with Crippen molar-refractivity contribution in [2.75, 3.05) is 40.4 Å². The van der Waals surface area contributed by atoms with Crippen LogP contribution < -0.4 is 14.8 Å². The Bertz CT molecular complexity index is 675. The number of piperazine rings is 1. The van der Waals surface area contributed by atoms with Gasteiger partial charge in [-0.1, -0.05) is 0 Å². The molecular weight excluding hydrogens is 306 g/mol. The van der Waals surface area contributed by atoms with Crippen LogP contribution in [0.3, 0.4) is 0 Å². The molecule has 1 aliphatic heterocycles. The van der Waals surface area contributed by atoms with Crippen molar-refractivity contribution in [3.63, 3.8) is 0 Å². The lowest BCUT2D eigenvalue weighted by atomic mass is 10.0. The predicted molar refractivity (Wildman–Crippen MR) is 92.6 cm³/mol. The predicted octanol–water partition coefficient (Wildman–Crippen LogP) is 1.88. The van der Waals surface area contributed by atoms with Gasteiger partial charge in [0.15, 0.2) is 0 Å². The van der Waals surface area contributed by atoms with Gasteiger partial charge in [0.25, 0.3) is 0 Å². The Hall–Kier alpha value is -2.31. The minimum absolute atomic E-state index is 0.135.